The van der Waals surface area contributed by atoms with Crippen LogP contribution in [-0.4, -0.2) is 40.2 Å². The Hall–Kier alpha value is -2.57. The van der Waals surface area contributed by atoms with Gasteiger partial charge in [0.15, 0.2) is 5.82 Å². The van der Waals surface area contributed by atoms with Crippen molar-refractivity contribution in [2.24, 2.45) is 5.73 Å². The highest BCUT2D eigenvalue weighted by molar-refractivity contribution is 5.96. The maximum atomic E-state index is 13.2. The Bertz CT molecular complexity index is 918. The van der Waals surface area contributed by atoms with Crippen molar-refractivity contribution >= 4 is 18.3 Å². The smallest absolute Gasteiger partial charge is 0.255 e. The Balaban J connectivity index is 0.00000280. The summed E-state index contributed by atoms with van der Waals surface area (Å²) in [6.07, 6.45) is 0.799. The van der Waals surface area contributed by atoms with Gasteiger partial charge in [-0.15, -0.1) is 12.4 Å². The van der Waals surface area contributed by atoms with Crippen LogP contribution in [0.25, 0.3) is 5.82 Å². The summed E-state index contributed by atoms with van der Waals surface area (Å²) in [5.41, 5.74) is 9.44. The molecule has 0 fully saturated rings. The minimum atomic E-state index is -0.00375. The highest BCUT2D eigenvalue weighted by Gasteiger charge is 2.22. The topological polar surface area (TPSA) is 77.3 Å². The number of rotatable bonds is 7. The zero-order chi connectivity index (χ0) is 19.4. The molecular formula is C21H27ClN4O2. The highest BCUT2D eigenvalue weighted by atomic mass is 35.5. The first-order valence-electron chi connectivity index (χ1n) is 9.17. The zero-order valence-corrected chi connectivity index (χ0v) is 17.3. The summed E-state index contributed by atoms with van der Waals surface area (Å²) in [5, 5.41) is 4.08. The molecule has 0 radical (unpaired) electrons. The molecule has 28 heavy (non-hydrogen) atoms. The molecule has 0 saturated carbocycles. The molecule has 2 N–H and O–H groups in total. The van der Waals surface area contributed by atoms with E-state index in [9.17, 15) is 4.79 Å². The third kappa shape index (κ3) is 4.64. The molecule has 0 aliphatic rings. The van der Waals surface area contributed by atoms with Gasteiger partial charge in [0.2, 0.25) is 0 Å². The molecule has 2 heterocycles. The van der Waals surface area contributed by atoms with Gasteiger partial charge in [-0.3, -0.25) is 9.36 Å². The lowest BCUT2D eigenvalue weighted by Gasteiger charge is -2.22. The highest BCUT2D eigenvalue weighted by Crippen LogP contribution is 2.22. The third-order valence-electron chi connectivity index (χ3n) is 4.71. The average molecular weight is 403 g/mol. The molecule has 6 nitrogen and oxygen atoms in total. The number of benzene rings is 1. The van der Waals surface area contributed by atoms with Crippen LogP contribution in [0.2, 0.25) is 0 Å². The summed E-state index contributed by atoms with van der Waals surface area (Å²) in [4.78, 5) is 15.0. The average Bonchev–Trinajstić information content (AvgIpc) is 3.21. The fourth-order valence-electron chi connectivity index (χ4n) is 3.34. The molecule has 3 aromatic rings. The summed E-state index contributed by atoms with van der Waals surface area (Å²) >= 11 is 0. The summed E-state index contributed by atoms with van der Waals surface area (Å²) in [6, 6.07) is 13.9. The predicted octanol–water partition coefficient (Wildman–Crippen LogP) is 3.46. The molecule has 0 saturated heterocycles. The van der Waals surface area contributed by atoms with Gasteiger partial charge in [0.25, 0.3) is 5.91 Å². The van der Waals surface area contributed by atoms with E-state index >= 15 is 0 Å². The van der Waals surface area contributed by atoms with E-state index in [2.05, 4.69) is 17.3 Å². The van der Waals surface area contributed by atoms with Gasteiger partial charge in [-0.25, -0.2) is 0 Å². The number of aryl methyl sites for hydroxylation is 2. The van der Waals surface area contributed by atoms with Crippen LogP contribution in [0.3, 0.4) is 0 Å². The number of nitrogens with two attached hydrogens (primary N) is 1. The molecule has 1 amide bonds. The molecule has 0 spiro atoms. The minimum absolute atomic E-state index is 0. The van der Waals surface area contributed by atoms with Crippen LogP contribution in [-0.2, 0) is 6.42 Å². The summed E-state index contributed by atoms with van der Waals surface area (Å²) in [6.45, 7) is 7.34. The molecule has 3 rings (SSSR count). The van der Waals surface area contributed by atoms with E-state index in [1.165, 1.54) is 5.56 Å². The Morgan fingerprint density at radius 1 is 1.14 bits per heavy atom. The quantitative estimate of drug-likeness (QED) is 0.656. The third-order valence-corrected chi connectivity index (χ3v) is 4.71. The van der Waals surface area contributed by atoms with E-state index in [0.717, 1.165) is 23.6 Å². The normalized spacial score (nSPS) is 10.6. The predicted molar refractivity (Wildman–Crippen MR) is 112 cm³/mol. The SMILES string of the molecule is Cc1cc(-n2c(C)cc(C(=O)N(CCN)CCc3ccccc3)c2C)no1.Cl. The molecule has 150 valence electrons. The van der Waals surface area contributed by atoms with Crippen LogP contribution >= 0.6 is 12.4 Å². The summed E-state index contributed by atoms with van der Waals surface area (Å²) in [5.74, 6) is 1.42. The van der Waals surface area contributed by atoms with E-state index in [4.69, 9.17) is 10.3 Å². The minimum Gasteiger partial charge on any atom is -0.360 e. The Morgan fingerprint density at radius 2 is 1.86 bits per heavy atom. The molecule has 0 aliphatic heterocycles. The zero-order valence-electron chi connectivity index (χ0n) is 16.5. The molecule has 0 aliphatic carbocycles. The second-order valence-electron chi connectivity index (χ2n) is 6.73. The Labute approximate surface area is 171 Å². The maximum Gasteiger partial charge on any atom is 0.255 e. The van der Waals surface area contributed by atoms with Gasteiger partial charge in [-0.1, -0.05) is 35.5 Å². The molecule has 0 unspecified atom stereocenters. The standard InChI is InChI=1S/C21H26N4O2.ClH/c1-15-13-19(17(3)25(15)20-14-16(2)27-23-20)21(26)24(12-10-22)11-9-18-7-5-4-6-8-18;/h4-8,13-14H,9-12,22H2,1-3H3;1H. The number of hydrogen-bond acceptors (Lipinski definition) is 4. The van der Waals surface area contributed by atoms with Gasteiger partial charge < -0.3 is 15.2 Å². The fraction of sp³-hybridized carbons (Fsp3) is 0.333. The van der Waals surface area contributed by atoms with E-state index in [1.807, 2.05) is 60.6 Å². The molecule has 0 atom stereocenters. The maximum absolute atomic E-state index is 13.2. The van der Waals surface area contributed by atoms with Gasteiger partial charge in [0.1, 0.15) is 5.76 Å². The summed E-state index contributed by atoms with van der Waals surface area (Å²) in [7, 11) is 0. The van der Waals surface area contributed by atoms with E-state index in [1.54, 1.807) is 0 Å². The molecule has 0 bridgehead atoms. The molecule has 2 aromatic heterocycles. The van der Waals surface area contributed by atoms with Crippen LogP contribution < -0.4 is 5.73 Å². The van der Waals surface area contributed by atoms with Crippen molar-refractivity contribution < 1.29 is 9.32 Å². The van der Waals surface area contributed by atoms with Crippen molar-refractivity contribution in [1.29, 1.82) is 0 Å². The second-order valence-corrected chi connectivity index (χ2v) is 6.73. The van der Waals surface area contributed by atoms with Crippen LogP contribution in [0.5, 0.6) is 0 Å². The van der Waals surface area contributed by atoms with Gasteiger partial charge in [0, 0.05) is 37.1 Å². The molecule has 1 aromatic carbocycles. The Kier molecular flexibility index (Phi) is 7.43. The van der Waals surface area contributed by atoms with Crippen LogP contribution in [0.15, 0.2) is 47.0 Å². The lowest BCUT2D eigenvalue weighted by Crippen LogP contribution is -2.37. The number of carbonyl (C=O) groups excluding carboxylic acids is 1. The molecule has 7 heteroatoms. The van der Waals surface area contributed by atoms with Crippen molar-refractivity contribution in [2.75, 3.05) is 19.6 Å². The van der Waals surface area contributed by atoms with Crippen molar-refractivity contribution in [3.05, 3.63) is 70.7 Å². The van der Waals surface area contributed by atoms with Crippen molar-refractivity contribution in [3.63, 3.8) is 0 Å². The first-order valence-corrected chi connectivity index (χ1v) is 9.17. The van der Waals surface area contributed by atoms with E-state index in [-0.39, 0.29) is 18.3 Å². The van der Waals surface area contributed by atoms with Crippen molar-refractivity contribution in [3.8, 4) is 5.82 Å². The van der Waals surface area contributed by atoms with Crippen LogP contribution in [0.1, 0.15) is 33.1 Å². The van der Waals surface area contributed by atoms with Gasteiger partial charge >= 0.3 is 0 Å². The fourth-order valence-corrected chi connectivity index (χ4v) is 3.34. The summed E-state index contributed by atoms with van der Waals surface area (Å²) < 4.78 is 7.14. The van der Waals surface area contributed by atoms with Crippen molar-refractivity contribution in [2.45, 2.75) is 27.2 Å². The number of halogens is 1. The van der Waals surface area contributed by atoms with Crippen LogP contribution in [0.4, 0.5) is 0 Å². The number of hydrogen-bond donors (Lipinski definition) is 1. The largest absolute Gasteiger partial charge is 0.360 e. The van der Waals surface area contributed by atoms with Crippen LogP contribution in [0, 0.1) is 20.8 Å². The molecular weight excluding hydrogens is 376 g/mol. The Morgan fingerprint density at radius 3 is 2.46 bits per heavy atom. The lowest BCUT2D eigenvalue weighted by molar-refractivity contribution is 0.0761. The first kappa shape index (κ1) is 21.7. The van der Waals surface area contributed by atoms with E-state index < -0.39 is 0 Å². The van der Waals surface area contributed by atoms with E-state index in [0.29, 0.717) is 31.0 Å². The van der Waals surface area contributed by atoms with Crippen molar-refractivity contribution in [1.82, 2.24) is 14.6 Å². The number of carbonyl (C=O) groups is 1. The lowest BCUT2D eigenvalue weighted by atomic mass is 10.1. The number of nitrogens with zero attached hydrogens (tertiary/aromatic N) is 3. The monoisotopic (exact) mass is 402 g/mol. The number of amides is 1. The van der Waals surface area contributed by atoms with Gasteiger partial charge in [0.05, 0.1) is 5.56 Å². The second kappa shape index (κ2) is 9.57. The first-order chi connectivity index (χ1) is 13.0. The van der Waals surface area contributed by atoms with Gasteiger partial charge in [-0.2, -0.15) is 0 Å². The number of aromatic nitrogens is 2. The van der Waals surface area contributed by atoms with Gasteiger partial charge in [-0.05, 0) is 38.8 Å².